The molecule has 146 valence electrons. The standard InChI is InChI=1S/C21H17ClN4O3/c1-13-10-18-19(12-17(13)23-21(27)8-6-15-4-3-9-29-15)25-26(24-18)14-5-7-20(28-2)16(22)11-14/h3-12H,1-2H3,(H,23,27). The van der Waals surface area contributed by atoms with Crippen molar-refractivity contribution in [2.45, 2.75) is 6.92 Å². The van der Waals surface area contributed by atoms with Crippen molar-refractivity contribution in [3.63, 3.8) is 0 Å². The van der Waals surface area contributed by atoms with Crippen molar-refractivity contribution in [2.24, 2.45) is 0 Å². The molecular formula is C21H17ClN4O3. The number of anilines is 1. The monoisotopic (exact) mass is 408 g/mol. The third-order valence-corrected chi connectivity index (χ3v) is 4.59. The number of nitrogens with one attached hydrogen (secondary N) is 1. The first-order chi connectivity index (χ1) is 14.0. The minimum Gasteiger partial charge on any atom is -0.495 e. The lowest BCUT2D eigenvalue weighted by Crippen LogP contribution is -2.08. The van der Waals surface area contributed by atoms with Gasteiger partial charge in [0.15, 0.2) is 0 Å². The number of fused-ring (bicyclic) bond motifs is 1. The number of methoxy groups -OCH3 is 1. The SMILES string of the molecule is COc1ccc(-n2nc3cc(C)c(NC(=O)C=Cc4ccco4)cc3n2)cc1Cl. The Labute approximate surface area is 171 Å². The number of amides is 1. The zero-order valence-electron chi connectivity index (χ0n) is 15.7. The highest BCUT2D eigenvalue weighted by molar-refractivity contribution is 6.32. The number of rotatable bonds is 5. The summed E-state index contributed by atoms with van der Waals surface area (Å²) in [6, 6.07) is 12.5. The van der Waals surface area contributed by atoms with Crippen LogP contribution in [-0.4, -0.2) is 28.0 Å². The Morgan fingerprint density at radius 3 is 2.69 bits per heavy atom. The maximum atomic E-state index is 12.2. The first kappa shape index (κ1) is 18.8. The number of benzene rings is 2. The summed E-state index contributed by atoms with van der Waals surface area (Å²) < 4.78 is 10.4. The van der Waals surface area contributed by atoms with Gasteiger partial charge < -0.3 is 14.5 Å². The number of nitrogens with zero attached hydrogens (tertiary/aromatic N) is 3. The summed E-state index contributed by atoms with van der Waals surface area (Å²) in [6.07, 6.45) is 4.57. The second kappa shape index (κ2) is 7.81. The second-order valence-corrected chi connectivity index (χ2v) is 6.71. The molecule has 29 heavy (non-hydrogen) atoms. The molecule has 0 bridgehead atoms. The van der Waals surface area contributed by atoms with E-state index in [1.165, 1.54) is 10.9 Å². The van der Waals surface area contributed by atoms with Gasteiger partial charge in [-0.3, -0.25) is 4.79 Å². The van der Waals surface area contributed by atoms with Crippen LogP contribution >= 0.6 is 11.6 Å². The van der Waals surface area contributed by atoms with E-state index in [1.54, 1.807) is 49.8 Å². The van der Waals surface area contributed by atoms with Gasteiger partial charge in [0, 0.05) is 11.8 Å². The number of carbonyl (C=O) groups is 1. The lowest BCUT2D eigenvalue weighted by atomic mass is 10.1. The molecule has 1 amide bonds. The third-order valence-electron chi connectivity index (χ3n) is 4.29. The molecular weight excluding hydrogens is 392 g/mol. The van der Waals surface area contributed by atoms with Crippen molar-refractivity contribution in [1.29, 1.82) is 0 Å². The highest BCUT2D eigenvalue weighted by Crippen LogP contribution is 2.27. The molecule has 0 aliphatic carbocycles. The van der Waals surface area contributed by atoms with Crippen LogP contribution in [0.2, 0.25) is 5.02 Å². The molecule has 0 spiro atoms. The van der Waals surface area contributed by atoms with Crippen LogP contribution in [-0.2, 0) is 4.79 Å². The number of hydrogen-bond donors (Lipinski definition) is 1. The van der Waals surface area contributed by atoms with Crippen LogP contribution in [0.5, 0.6) is 5.75 Å². The number of hydrogen-bond acceptors (Lipinski definition) is 5. The summed E-state index contributed by atoms with van der Waals surface area (Å²) in [5.74, 6) is 0.919. The molecule has 0 saturated heterocycles. The van der Waals surface area contributed by atoms with E-state index in [2.05, 4.69) is 15.5 Å². The van der Waals surface area contributed by atoms with Gasteiger partial charge in [0.1, 0.15) is 22.5 Å². The predicted octanol–water partition coefficient (Wildman–Crippen LogP) is 4.64. The Balaban J connectivity index is 1.60. The van der Waals surface area contributed by atoms with Crippen LogP contribution in [0.3, 0.4) is 0 Å². The molecule has 0 atom stereocenters. The van der Waals surface area contributed by atoms with Gasteiger partial charge in [-0.25, -0.2) is 0 Å². The summed E-state index contributed by atoms with van der Waals surface area (Å²) in [5.41, 5.74) is 3.59. The number of ether oxygens (including phenoxy) is 1. The quantitative estimate of drug-likeness (QED) is 0.486. The maximum Gasteiger partial charge on any atom is 0.248 e. The van der Waals surface area contributed by atoms with Crippen LogP contribution in [0.15, 0.2) is 59.2 Å². The Morgan fingerprint density at radius 2 is 2.00 bits per heavy atom. The fraction of sp³-hybridized carbons (Fsp3) is 0.0952. The summed E-state index contributed by atoms with van der Waals surface area (Å²) in [4.78, 5) is 13.7. The van der Waals surface area contributed by atoms with Gasteiger partial charge >= 0.3 is 0 Å². The highest BCUT2D eigenvalue weighted by Gasteiger charge is 2.11. The fourth-order valence-corrected chi connectivity index (χ4v) is 3.07. The average Bonchev–Trinajstić information content (AvgIpc) is 3.36. The summed E-state index contributed by atoms with van der Waals surface area (Å²) in [5, 5.41) is 12.3. The molecule has 1 N–H and O–H groups in total. The van der Waals surface area contributed by atoms with Gasteiger partial charge in [-0.15, -0.1) is 10.2 Å². The smallest absolute Gasteiger partial charge is 0.248 e. The van der Waals surface area contributed by atoms with Crippen LogP contribution in [0.4, 0.5) is 5.69 Å². The maximum absolute atomic E-state index is 12.2. The first-order valence-corrected chi connectivity index (χ1v) is 9.15. The van der Waals surface area contributed by atoms with Gasteiger partial charge in [-0.2, -0.15) is 4.80 Å². The first-order valence-electron chi connectivity index (χ1n) is 8.77. The molecule has 0 unspecified atom stereocenters. The number of halogens is 1. The van der Waals surface area contributed by atoms with E-state index in [-0.39, 0.29) is 5.91 Å². The Morgan fingerprint density at radius 1 is 1.21 bits per heavy atom. The molecule has 2 aromatic heterocycles. The normalized spacial score (nSPS) is 11.3. The second-order valence-electron chi connectivity index (χ2n) is 6.30. The third kappa shape index (κ3) is 4.00. The van der Waals surface area contributed by atoms with Crippen LogP contribution in [0, 0.1) is 6.92 Å². The lowest BCUT2D eigenvalue weighted by Gasteiger charge is -2.05. The highest BCUT2D eigenvalue weighted by atomic mass is 35.5. The molecule has 0 aliphatic rings. The molecule has 8 heteroatoms. The van der Waals surface area contributed by atoms with Crippen molar-refractivity contribution >= 4 is 40.3 Å². The molecule has 4 aromatic rings. The molecule has 0 fully saturated rings. The fourth-order valence-electron chi connectivity index (χ4n) is 2.82. The average molecular weight is 409 g/mol. The summed E-state index contributed by atoms with van der Waals surface area (Å²) >= 11 is 6.20. The van der Waals surface area contributed by atoms with Crippen molar-refractivity contribution in [3.05, 3.63) is 71.2 Å². The molecule has 2 heterocycles. The molecule has 7 nitrogen and oxygen atoms in total. The summed E-state index contributed by atoms with van der Waals surface area (Å²) in [6.45, 7) is 1.90. The number of furan rings is 1. The van der Waals surface area contributed by atoms with Crippen molar-refractivity contribution < 1.29 is 13.9 Å². The van der Waals surface area contributed by atoms with Crippen molar-refractivity contribution in [3.8, 4) is 11.4 Å². The van der Waals surface area contributed by atoms with Crippen LogP contribution < -0.4 is 10.1 Å². The van der Waals surface area contributed by atoms with E-state index in [4.69, 9.17) is 20.8 Å². The van der Waals surface area contributed by atoms with Gasteiger partial charge in [0.2, 0.25) is 5.91 Å². The van der Waals surface area contributed by atoms with Crippen molar-refractivity contribution in [2.75, 3.05) is 12.4 Å². The van der Waals surface area contributed by atoms with Crippen LogP contribution in [0.25, 0.3) is 22.8 Å². The Kier molecular flexibility index (Phi) is 5.05. The number of aromatic nitrogens is 3. The van der Waals surface area contributed by atoms with E-state index in [1.807, 2.05) is 19.1 Å². The lowest BCUT2D eigenvalue weighted by molar-refractivity contribution is -0.111. The minimum atomic E-state index is -0.266. The van der Waals surface area contributed by atoms with Gasteiger partial charge in [0.05, 0.1) is 24.1 Å². The molecule has 0 radical (unpaired) electrons. The van der Waals surface area contributed by atoms with E-state index < -0.39 is 0 Å². The van der Waals surface area contributed by atoms with Gasteiger partial charge in [0.25, 0.3) is 0 Å². The van der Waals surface area contributed by atoms with E-state index in [9.17, 15) is 4.79 Å². The van der Waals surface area contributed by atoms with Gasteiger partial charge in [-0.1, -0.05) is 11.6 Å². The molecule has 2 aromatic carbocycles. The minimum absolute atomic E-state index is 0.266. The molecule has 4 rings (SSSR count). The zero-order chi connectivity index (χ0) is 20.4. The van der Waals surface area contributed by atoms with E-state index in [0.717, 1.165) is 5.56 Å². The van der Waals surface area contributed by atoms with E-state index in [0.29, 0.717) is 38.9 Å². The molecule has 0 aliphatic heterocycles. The van der Waals surface area contributed by atoms with E-state index >= 15 is 0 Å². The Bertz CT molecular complexity index is 1210. The topological polar surface area (TPSA) is 82.2 Å². The number of aryl methyl sites for hydroxylation is 1. The van der Waals surface area contributed by atoms with Crippen LogP contribution in [0.1, 0.15) is 11.3 Å². The van der Waals surface area contributed by atoms with Gasteiger partial charge in [-0.05, 0) is 61.0 Å². The molecule has 0 saturated carbocycles. The Hall–Kier alpha value is -3.58. The number of carbonyl (C=O) groups excluding carboxylic acids is 1. The van der Waals surface area contributed by atoms with Crippen molar-refractivity contribution in [1.82, 2.24) is 15.0 Å². The predicted molar refractivity (Wildman–Crippen MR) is 112 cm³/mol. The zero-order valence-corrected chi connectivity index (χ0v) is 16.5. The summed E-state index contributed by atoms with van der Waals surface area (Å²) in [7, 11) is 1.56. The largest absolute Gasteiger partial charge is 0.495 e.